The molecule has 0 aliphatic heterocycles. The molecule has 0 bridgehead atoms. The van der Waals surface area contributed by atoms with E-state index in [1.54, 1.807) is 6.07 Å². The van der Waals surface area contributed by atoms with Gasteiger partial charge in [0, 0.05) is 11.0 Å². The van der Waals surface area contributed by atoms with Crippen LogP contribution >= 0.6 is 27.3 Å². The van der Waals surface area contributed by atoms with E-state index in [1.807, 2.05) is 36.4 Å². The fraction of sp³-hybridized carbons (Fsp3) is 0.0625. The number of hydrogen-bond acceptors (Lipinski definition) is 3. The summed E-state index contributed by atoms with van der Waals surface area (Å²) in [5.41, 5.74) is 8.12. The summed E-state index contributed by atoms with van der Waals surface area (Å²) in [5.74, 6) is -0.290. The van der Waals surface area contributed by atoms with Gasteiger partial charge in [0.1, 0.15) is 10.8 Å². The van der Waals surface area contributed by atoms with E-state index in [1.165, 1.54) is 17.4 Å². The molecule has 0 spiro atoms. The van der Waals surface area contributed by atoms with Crippen molar-refractivity contribution in [3.8, 4) is 21.0 Å². The predicted octanol–water partition coefficient (Wildman–Crippen LogP) is 4.84. The first-order valence-electron chi connectivity index (χ1n) is 6.40. The van der Waals surface area contributed by atoms with Crippen LogP contribution in [-0.4, -0.2) is 4.98 Å². The lowest BCUT2D eigenvalue weighted by molar-refractivity contribution is 0.630. The Labute approximate surface area is 134 Å². The summed E-state index contributed by atoms with van der Waals surface area (Å²) in [6.07, 6.45) is 0. The molecule has 1 heterocycles. The van der Waals surface area contributed by atoms with E-state index in [-0.39, 0.29) is 5.82 Å². The van der Waals surface area contributed by atoms with E-state index < -0.39 is 0 Å². The average Bonchev–Trinajstić information content (AvgIpc) is 2.92. The summed E-state index contributed by atoms with van der Waals surface area (Å²) in [6.45, 7) is 0.326. The highest BCUT2D eigenvalue weighted by molar-refractivity contribution is 9.10. The Morgan fingerprint density at radius 3 is 2.52 bits per heavy atom. The zero-order chi connectivity index (χ0) is 14.8. The van der Waals surface area contributed by atoms with Crippen LogP contribution in [0.3, 0.4) is 0 Å². The van der Waals surface area contributed by atoms with Gasteiger partial charge in [-0.1, -0.05) is 36.4 Å². The van der Waals surface area contributed by atoms with Crippen molar-refractivity contribution < 1.29 is 4.39 Å². The second-order valence-corrected chi connectivity index (χ2v) is 6.32. The van der Waals surface area contributed by atoms with Gasteiger partial charge in [-0.2, -0.15) is 0 Å². The van der Waals surface area contributed by atoms with Crippen LogP contribution < -0.4 is 5.73 Å². The quantitative estimate of drug-likeness (QED) is 0.723. The average molecular weight is 363 g/mol. The Morgan fingerprint density at radius 2 is 1.86 bits per heavy atom. The minimum absolute atomic E-state index is 0.290. The molecule has 1 aromatic heterocycles. The van der Waals surface area contributed by atoms with Gasteiger partial charge in [0.2, 0.25) is 0 Å². The van der Waals surface area contributed by atoms with Gasteiger partial charge in [-0.3, -0.25) is 0 Å². The third kappa shape index (κ3) is 2.77. The molecule has 3 aromatic rings. The normalized spacial score (nSPS) is 10.8. The second-order valence-electron chi connectivity index (χ2n) is 4.46. The van der Waals surface area contributed by atoms with Crippen LogP contribution in [0.25, 0.3) is 21.0 Å². The van der Waals surface area contributed by atoms with Gasteiger partial charge in [0.25, 0.3) is 0 Å². The lowest BCUT2D eigenvalue weighted by atomic mass is 10.1. The van der Waals surface area contributed by atoms with Crippen molar-refractivity contribution in [1.82, 2.24) is 4.98 Å². The number of nitrogens with two attached hydrogens (primary N) is 1. The van der Waals surface area contributed by atoms with Crippen LogP contribution in [0.2, 0.25) is 0 Å². The molecule has 0 saturated carbocycles. The predicted molar refractivity (Wildman–Crippen MR) is 88.5 cm³/mol. The topological polar surface area (TPSA) is 38.9 Å². The van der Waals surface area contributed by atoms with Crippen molar-refractivity contribution >= 4 is 27.3 Å². The standard InChI is InChI=1S/C16H12BrFN2S/c17-11-7-4-8-12(18)14(11)16-20-13(9-19)15(21-16)10-5-2-1-3-6-10/h1-8H,9,19H2. The molecule has 0 amide bonds. The summed E-state index contributed by atoms with van der Waals surface area (Å²) < 4.78 is 14.8. The molecule has 2 nitrogen and oxygen atoms in total. The van der Waals surface area contributed by atoms with Crippen molar-refractivity contribution in [2.75, 3.05) is 0 Å². The van der Waals surface area contributed by atoms with Gasteiger partial charge in [0.05, 0.1) is 16.1 Å². The minimum atomic E-state index is -0.290. The Bertz CT molecular complexity index is 751. The van der Waals surface area contributed by atoms with Gasteiger partial charge in [0.15, 0.2) is 0 Å². The highest BCUT2D eigenvalue weighted by atomic mass is 79.9. The lowest BCUT2D eigenvalue weighted by Gasteiger charge is -2.01. The molecule has 21 heavy (non-hydrogen) atoms. The largest absolute Gasteiger partial charge is 0.325 e. The maximum atomic E-state index is 14.1. The monoisotopic (exact) mass is 362 g/mol. The summed E-state index contributed by atoms with van der Waals surface area (Å²) in [5, 5.41) is 0.638. The molecule has 3 rings (SSSR count). The van der Waals surface area contributed by atoms with Crippen molar-refractivity contribution in [3.05, 3.63) is 64.5 Å². The van der Waals surface area contributed by atoms with Crippen molar-refractivity contribution in [2.45, 2.75) is 6.54 Å². The van der Waals surface area contributed by atoms with Gasteiger partial charge in [-0.05, 0) is 33.6 Å². The first-order chi connectivity index (χ1) is 10.2. The zero-order valence-electron chi connectivity index (χ0n) is 11.0. The SMILES string of the molecule is NCc1nc(-c2c(F)cccc2Br)sc1-c1ccccc1. The van der Waals surface area contributed by atoms with Gasteiger partial charge >= 0.3 is 0 Å². The van der Waals surface area contributed by atoms with Crippen LogP contribution in [0.5, 0.6) is 0 Å². The molecule has 2 aromatic carbocycles. The molecule has 0 aliphatic carbocycles. The number of halogens is 2. The molecule has 0 aliphatic rings. The Balaban J connectivity index is 2.17. The fourth-order valence-corrected chi connectivity index (χ4v) is 3.93. The molecular weight excluding hydrogens is 351 g/mol. The zero-order valence-corrected chi connectivity index (χ0v) is 13.4. The number of nitrogens with zero attached hydrogens (tertiary/aromatic N) is 1. The van der Waals surface area contributed by atoms with Gasteiger partial charge < -0.3 is 5.73 Å². The van der Waals surface area contributed by atoms with Crippen molar-refractivity contribution in [3.63, 3.8) is 0 Å². The number of thiazole rings is 1. The van der Waals surface area contributed by atoms with Crippen molar-refractivity contribution in [1.29, 1.82) is 0 Å². The summed E-state index contributed by atoms with van der Waals surface area (Å²) in [6, 6.07) is 14.8. The lowest BCUT2D eigenvalue weighted by Crippen LogP contribution is -1.98. The van der Waals surface area contributed by atoms with Crippen LogP contribution in [0, 0.1) is 5.82 Å². The van der Waals surface area contributed by atoms with Crippen LogP contribution in [0.4, 0.5) is 4.39 Å². The third-order valence-electron chi connectivity index (χ3n) is 3.10. The molecule has 2 N–H and O–H groups in total. The summed E-state index contributed by atoms with van der Waals surface area (Å²) >= 11 is 4.85. The molecule has 0 atom stereocenters. The summed E-state index contributed by atoms with van der Waals surface area (Å²) in [4.78, 5) is 5.51. The number of rotatable bonds is 3. The first-order valence-corrected chi connectivity index (χ1v) is 8.01. The van der Waals surface area contributed by atoms with E-state index in [4.69, 9.17) is 5.73 Å². The molecule has 0 saturated heterocycles. The highest BCUT2D eigenvalue weighted by Gasteiger charge is 2.17. The maximum Gasteiger partial charge on any atom is 0.134 e. The smallest absolute Gasteiger partial charge is 0.134 e. The van der Waals surface area contributed by atoms with E-state index in [2.05, 4.69) is 20.9 Å². The molecular formula is C16H12BrFN2S. The van der Waals surface area contributed by atoms with E-state index in [0.717, 1.165) is 16.1 Å². The number of hydrogen-bond donors (Lipinski definition) is 1. The molecule has 0 unspecified atom stereocenters. The maximum absolute atomic E-state index is 14.1. The van der Waals surface area contributed by atoms with Crippen LogP contribution in [-0.2, 0) is 6.54 Å². The Morgan fingerprint density at radius 1 is 1.10 bits per heavy atom. The Kier molecular flexibility index (Phi) is 4.14. The molecule has 106 valence electrons. The van der Waals surface area contributed by atoms with E-state index >= 15 is 0 Å². The first kappa shape index (κ1) is 14.4. The second kappa shape index (κ2) is 6.05. The number of benzene rings is 2. The van der Waals surface area contributed by atoms with Crippen LogP contribution in [0.15, 0.2) is 53.0 Å². The highest BCUT2D eigenvalue weighted by Crippen LogP contribution is 2.39. The van der Waals surface area contributed by atoms with Crippen LogP contribution in [0.1, 0.15) is 5.69 Å². The van der Waals surface area contributed by atoms with Gasteiger partial charge in [-0.15, -0.1) is 11.3 Å². The molecule has 5 heteroatoms. The minimum Gasteiger partial charge on any atom is -0.325 e. The van der Waals surface area contributed by atoms with Gasteiger partial charge in [-0.25, -0.2) is 9.37 Å². The molecule has 0 fully saturated rings. The Hall–Kier alpha value is -1.56. The summed E-state index contributed by atoms with van der Waals surface area (Å²) in [7, 11) is 0. The fourth-order valence-electron chi connectivity index (χ4n) is 2.11. The van der Waals surface area contributed by atoms with E-state index in [9.17, 15) is 4.39 Å². The number of aromatic nitrogens is 1. The molecule has 0 radical (unpaired) electrons. The van der Waals surface area contributed by atoms with E-state index in [0.29, 0.717) is 21.6 Å². The van der Waals surface area contributed by atoms with Crippen molar-refractivity contribution in [2.24, 2.45) is 5.73 Å². The third-order valence-corrected chi connectivity index (χ3v) is 4.93.